The summed E-state index contributed by atoms with van der Waals surface area (Å²) in [6.07, 6.45) is 0.384. The van der Waals surface area contributed by atoms with Crippen molar-refractivity contribution in [2.45, 2.75) is 40.2 Å². The largest absolute Gasteiger partial charge is 0.388 e. The topological polar surface area (TPSA) is 23.5 Å². The highest BCUT2D eigenvalue weighted by atomic mass is 79.9. The van der Waals surface area contributed by atoms with E-state index in [4.69, 9.17) is 0 Å². The van der Waals surface area contributed by atoms with E-state index in [1.165, 1.54) is 0 Å². The molecule has 0 heterocycles. The third-order valence-electron chi connectivity index (χ3n) is 3.23. The Bertz CT molecular complexity index is 382. The normalized spacial score (nSPS) is 13.4. The van der Waals surface area contributed by atoms with E-state index in [0.29, 0.717) is 11.8 Å². The van der Waals surface area contributed by atoms with Gasteiger partial charge in [-0.1, -0.05) is 61.8 Å². The molecule has 0 aliphatic heterocycles. The molecule has 0 fully saturated rings. The van der Waals surface area contributed by atoms with Crippen molar-refractivity contribution < 1.29 is 5.11 Å². The molecule has 1 rings (SSSR count). The van der Waals surface area contributed by atoms with Gasteiger partial charge in [-0.2, -0.15) is 0 Å². The Labute approximate surface area is 132 Å². The van der Waals surface area contributed by atoms with E-state index in [2.05, 4.69) is 48.5 Å². The van der Waals surface area contributed by atoms with E-state index in [9.17, 15) is 5.11 Å². The van der Waals surface area contributed by atoms with Crippen LogP contribution in [0.4, 0.5) is 0 Å². The van der Waals surface area contributed by atoms with Gasteiger partial charge in [0.2, 0.25) is 0 Å². The summed E-state index contributed by atoms with van der Waals surface area (Å²) in [5, 5.41) is 10.4. The first-order valence-electron chi connectivity index (χ1n) is 7.55. The molecule has 0 bridgehead atoms. The second-order valence-corrected chi connectivity index (χ2v) is 7.23. The van der Waals surface area contributed by atoms with Gasteiger partial charge in [0.15, 0.2) is 0 Å². The molecule has 0 spiro atoms. The zero-order chi connectivity index (χ0) is 15.1. The van der Waals surface area contributed by atoms with Gasteiger partial charge in [-0.3, -0.25) is 0 Å². The number of hydrogen-bond donors (Lipinski definition) is 1. The first-order chi connectivity index (χ1) is 9.40. The summed E-state index contributed by atoms with van der Waals surface area (Å²) in [4.78, 5) is 2.47. The lowest BCUT2D eigenvalue weighted by molar-refractivity contribution is 0.131. The Morgan fingerprint density at radius 3 is 2.10 bits per heavy atom. The Morgan fingerprint density at radius 2 is 1.60 bits per heavy atom. The van der Waals surface area contributed by atoms with Gasteiger partial charge in [0.1, 0.15) is 0 Å². The summed E-state index contributed by atoms with van der Waals surface area (Å²) in [5.41, 5.74) is 0.988. The van der Waals surface area contributed by atoms with Crippen molar-refractivity contribution in [3.05, 3.63) is 34.3 Å². The first kappa shape index (κ1) is 17.7. The molecule has 0 radical (unpaired) electrons. The van der Waals surface area contributed by atoms with E-state index in [1.807, 2.05) is 24.3 Å². The average molecular weight is 342 g/mol. The molecule has 1 unspecified atom stereocenters. The van der Waals surface area contributed by atoms with E-state index < -0.39 is 6.10 Å². The second-order valence-electron chi connectivity index (χ2n) is 6.37. The molecule has 1 N–H and O–H groups in total. The molecule has 20 heavy (non-hydrogen) atoms. The molecule has 0 saturated carbocycles. The lowest BCUT2D eigenvalue weighted by Crippen LogP contribution is -2.33. The van der Waals surface area contributed by atoms with Crippen LogP contribution in [0.1, 0.15) is 45.8 Å². The van der Waals surface area contributed by atoms with Crippen molar-refractivity contribution in [3.8, 4) is 0 Å². The van der Waals surface area contributed by atoms with Gasteiger partial charge < -0.3 is 10.0 Å². The first-order valence-corrected chi connectivity index (χ1v) is 8.34. The summed E-state index contributed by atoms with van der Waals surface area (Å²) >= 11 is 3.51. The average Bonchev–Trinajstić information content (AvgIpc) is 2.34. The Kier molecular flexibility index (Phi) is 7.78. The van der Waals surface area contributed by atoms with Crippen molar-refractivity contribution >= 4 is 15.9 Å². The molecular formula is C17H28BrNO. The molecule has 1 atom stereocenters. The zero-order valence-electron chi connectivity index (χ0n) is 13.1. The van der Waals surface area contributed by atoms with Gasteiger partial charge in [-0.05, 0) is 29.9 Å². The number of rotatable bonds is 8. The number of aliphatic hydroxyl groups is 1. The molecule has 0 aromatic heterocycles. The highest BCUT2D eigenvalue weighted by Crippen LogP contribution is 2.25. The van der Waals surface area contributed by atoms with E-state index >= 15 is 0 Å². The highest BCUT2D eigenvalue weighted by Gasteiger charge is 2.14. The van der Waals surface area contributed by atoms with Gasteiger partial charge in [-0.15, -0.1) is 0 Å². The van der Waals surface area contributed by atoms with E-state index in [1.54, 1.807) is 0 Å². The van der Waals surface area contributed by atoms with Crippen molar-refractivity contribution in [1.29, 1.82) is 0 Å². The fourth-order valence-corrected chi connectivity index (χ4v) is 3.04. The summed E-state index contributed by atoms with van der Waals surface area (Å²) in [7, 11) is 0. The lowest BCUT2D eigenvalue weighted by Gasteiger charge is -2.27. The molecular weight excluding hydrogens is 314 g/mol. The maximum atomic E-state index is 10.4. The van der Waals surface area contributed by atoms with Gasteiger partial charge in [0.25, 0.3) is 0 Å². The van der Waals surface area contributed by atoms with Gasteiger partial charge >= 0.3 is 0 Å². The predicted octanol–water partition coefficient (Wildman–Crippen LogP) is 4.49. The van der Waals surface area contributed by atoms with Crippen molar-refractivity contribution in [2.75, 3.05) is 19.6 Å². The molecule has 1 aromatic rings. The van der Waals surface area contributed by atoms with Crippen LogP contribution < -0.4 is 0 Å². The maximum absolute atomic E-state index is 10.4. The minimum atomic E-state index is -0.396. The molecule has 0 saturated heterocycles. The quantitative estimate of drug-likeness (QED) is 0.753. The van der Waals surface area contributed by atoms with Crippen LogP contribution in [-0.4, -0.2) is 29.6 Å². The smallest absolute Gasteiger partial charge is 0.0813 e. The van der Waals surface area contributed by atoms with Crippen LogP contribution in [-0.2, 0) is 0 Å². The fraction of sp³-hybridized carbons (Fsp3) is 0.647. The summed E-state index contributed by atoms with van der Waals surface area (Å²) in [5.74, 6) is 1.32. The molecule has 1 aromatic carbocycles. The Hall–Kier alpha value is -0.380. The van der Waals surface area contributed by atoms with Crippen LogP contribution in [0.2, 0.25) is 0 Å². The molecule has 3 heteroatoms. The van der Waals surface area contributed by atoms with Crippen molar-refractivity contribution in [2.24, 2.45) is 11.8 Å². The van der Waals surface area contributed by atoms with Gasteiger partial charge in [0.05, 0.1) is 6.10 Å². The van der Waals surface area contributed by atoms with Crippen LogP contribution in [0.5, 0.6) is 0 Å². The van der Waals surface area contributed by atoms with Gasteiger partial charge in [-0.25, -0.2) is 0 Å². The van der Waals surface area contributed by atoms with Crippen molar-refractivity contribution in [3.63, 3.8) is 0 Å². The van der Waals surface area contributed by atoms with Crippen LogP contribution in [0.3, 0.4) is 0 Å². The van der Waals surface area contributed by atoms with Crippen LogP contribution in [0.15, 0.2) is 28.7 Å². The number of nitrogens with zero attached hydrogens (tertiary/aromatic N) is 1. The third kappa shape index (κ3) is 6.38. The van der Waals surface area contributed by atoms with Crippen molar-refractivity contribution in [1.82, 2.24) is 4.90 Å². The minimum absolute atomic E-state index is 0.396. The van der Waals surface area contributed by atoms with Crippen LogP contribution in [0, 0.1) is 11.8 Å². The monoisotopic (exact) mass is 341 g/mol. The fourth-order valence-electron chi connectivity index (χ4n) is 2.50. The molecule has 2 nitrogen and oxygen atoms in total. The number of aliphatic hydroxyl groups excluding tert-OH is 1. The predicted molar refractivity (Wildman–Crippen MR) is 89.8 cm³/mol. The zero-order valence-corrected chi connectivity index (χ0v) is 14.7. The molecule has 0 aliphatic rings. The summed E-state index contributed by atoms with van der Waals surface area (Å²) < 4.78 is 0.992. The van der Waals surface area contributed by atoms with Gasteiger partial charge in [0, 0.05) is 24.1 Å². The molecule has 0 amide bonds. The number of halogens is 1. The van der Waals surface area contributed by atoms with Crippen LogP contribution in [0.25, 0.3) is 0 Å². The number of benzene rings is 1. The summed E-state index contributed by atoms with van der Waals surface area (Å²) in [6.45, 7) is 12.1. The second kappa shape index (κ2) is 8.81. The van der Waals surface area contributed by atoms with Crippen LogP contribution >= 0.6 is 15.9 Å². The lowest BCUT2D eigenvalue weighted by atomic mass is 10.1. The highest BCUT2D eigenvalue weighted by molar-refractivity contribution is 9.10. The minimum Gasteiger partial charge on any atom is -0.388 e. The standard InChI is InChI=1S/C17H28BrNO/c1-13(2)11-19(12-14(3)4)10-9-17(20)15-7-5-6-8-16(15)18/h5-8,13-14,17,20H,9-12H2,1-4H3. The van der Waals surface area contributed by atoms with E-state index in [-0.39, 0.29) is 0 Å². The molecule has 114 valence electrons. The Balaban J connectivity index is 2.55. The Morgan fingerprint density at radius 1 is 1.05 bits per heavy atom. The van der Waals surface area contributed by atoms with E-state index in [0.717, 1.165) is 36.1 Å². The summed E-state index contributed by atoms with van der Waals surface area (Å²) in [6, 6.07) is 7.93. The number of hydrogen-bond acceptors (Lipinski definition) is 2. The SMILES string of the molecule is CC(C)CN(CCC(O)c1ccccc1Br)CC(C)C. The maximum Gasteiger partial charge on any atom is 0.0813 e. The third-order valence-corrected chi connectivity index (χ3v) is 3.95. The molecule has 0 aliphatic carbocycles.